The van der Waals surface area contributed by atoms with E-state index in [2.05, 4.69) is 5.43 Å². The summed E-state index contributed by atoms with van der Waals surface area (Å²) in [5, 5.41) is 10.4. The molecule has 1 unspecified atom stereocenters. The highest BCUT2D eigenvalue weighted by molar-refractivity contribution is 6.30. The van der Waals surface area contributed by atoms with E-state index in [1.807, 2.05) is 24.5 Å². The van der Waals surface area contributed by atoms with Crippen molar-refractivity contribution in [1.82, 2.24) is 4.68 Å². The smallest absolute Gasteiger partial charge is 0.119 e. The number of aromatic nitrogens is 1. The number of rotatable bonds is 6. The molecular formula is C13H15ClN2O2. The number of aliphatic hydroxyl groups is 1. The lowest BCUT2D eigenvalue weighted by molar-refractivity contribution is 0.115. The summed E-state index contributed by atoms with van der Waals surface area (Å²) >= 11 is 5.76. The van der Waals surface area contributed by atoms with Crippen LogP contribution in [0, 0.1) is 0 Å². The Balaban J connectivity index is 1.71. The van der Waals surface area contributed by atoms with Gasteiger partial charge in [-0.3, -0.25) is 4.68 Å². The third-order valence-electron chi connectivity index (χ3n) is 2.37. The molecule has 0 aliphatic heterocycles. The van der Waals surface area contributed by atoms with Crippen LogP contribution < -0.4 is 10.2 Å². The minimum Gasteiger partial charge on any atom is -0.491 e. The Labute approximate surface area is 111 Å². The summed E-state index contributed by atoms with van der Waals surface area (Å²) in [6, 6.07) is 10.9. The Kier molecular flexibility index (Phi) is 4.50. The maximum Gasteiger partial charge on any atom is 0.119 e. The number of benzene rings is 1. The van der Waals surface area contributed by atoms with Gasteiger partial charge >= 0.3 is 0 Å². The van der Waals surface area contributed by atoms with Gasteiger partial charge in [-0.25, -0.2) is 0 Å². The molecule has 2 N–H and O–H groups in total. The number of halogens is 1. The third-order valence-corrected chi connectivity index (χ3v) is 2.62. The molecule has 0 saturated carbocycles. The summed E-state index contributed by atoms with van der Waals surface area (Å²) in [6.07, 6.45) is 3.16. The molecule has 1 heterocycles. The Morgan fingerprint density at radius 1 is 1.22 bits per heavy atom. The molecule has 1 aromatic heterocycles. The SMILES string of the molecule is OC(CNn1cccc1)COc1ccc(Cl)cc1. The maximum atomic E-state index is 9.74. The van der Waals surface area contributed by atoms with E-state index in [1.165, 1.54) is 0 Å². The molecular weight excluding hydrogens is 252 g/mol. The average Bonchev–Trinajstić information content (AvgIpc) is 2.89. The van der Waals surface area contributed by atoms with Crippen LogP contribution in [0.1, 0.15) is 0 Å². The van der Waals surface area contributed by atoms with Gasteiger partial charge in [-0.05, 0) is 36.4 Å². The predicted molar refractivity (Wildman–Crippen MR) is 71.6 cm³/mol. The third kappa shape index (κ3) is 3.98. The number of nitrogens with one attached hydrogen (secondary N) is 1. The van der Waals surface area contributed by atoms with Crippen molar-refractivity contribution in [3.63, 3.8) is 0 Å². The molecule has 1 aromatic carbocycles. The van der Waals surface area contributed by atoms with Gasteiger partial charge in [-0.15, -0.1) is 0 Å². The Bertz CT molecular complexity index is 456. The molecule has 5 heteroatoms. The number of aliphatic hydroxyl groups excluding tert-OH is 1. The molecule has 96 valence electrons. The fraction of sp³-hybridized carbons (Fsp3) is 0.231. The molecule has 0 spiro atoms. The molecule has 0 aliphatic rings. The van der Waals surface area contributed by atoms with E-state index in [1.54, 1.807) is 28.9 Å². The number of hydrogen-bond acceptors (Lipinski definition) is 3. The number of nitrogens with zero attached hydrogens (tertiary/aromatic N) is 1. The summed E-state index contributed by atoms with van der Waals surface area (Å²) in [4.78, 5) is 0. The number of ether oxygens (including phenoxy) is 1. The predicted octanol–water partition coefficient (Wildman–Crippen LogP) is 2.12. The highest BCUT2D eigenvalue weighted by Crippen LogP contribution is 2.15. The van der Waals surface area contributed by atoms with E-state index in [9.17, 15) is 5.11 Å². The topological polar surface area (TPSA) is 46.4 Å². The molecule has 0 radical (unpaired) electrons. The lowest BCUT2D eigenvalue weighted by atomic mass is 10.3. The van der Waals surface area contributed by atoms with Crippen LogP contribution in [0.2, 0.25) is 5.02 Å². The summed E-state index contributed by atoms with van der Waals surface area (Å²) < 4.78 is 7.22. The van der Waals surface area contributed by atoms with Crippen LogP contribution in [-0.2, 0) is 0 Å². The first-order chi connectivity index (χ1) is 8.74. The Morgan fingerprint density at radius 3 is 2.56 bits per heavy atom. The molecule has 2 aromatic rings. The summed E-state index contributed by atoms with van der Waals surface area (Å²) in [5.41, 5.74) is 3.04. The van der Waals surface area contributed by atoms with Gasteiger partial charge < -0.3 is 15.3 Å². The van der Waals surface area contributed by atoms with Crippen LogP contribution in [-0.4, -0.2) is 29.0 Å². The molecule has 0 aliphatic carbocycles. The van der Waals surface area contributed by atoms with Crippen LogP contribution in [0.25, 0.3) is 0 Å². The van der Waals surface area contributed by atoms with Gasteiger partial charge in [0.25, 0.3) is 0 Å². The lowest BCUT2D eigenvalue weighted by Gasteiger charge is -2.14. The fourth-order valence-corrected chi connectivity index (χ4v) is 1.56. The van der Waals surface area contributed by atoms with Crippen molar-refractivity contribution in [2.75, 3.05) is 18.6 Å². The van der Waals surface area contributed by atoms with Gasteiger partial charge in [0.05, 0.1) is 6.54 Å². The number of hydrogen-bond donors (Lipinski definition) is 2. The normalized spacial score (nSPS) is 12.1. The highest BCUT2D eigenvalue weighted by Gasteiger charge is 2.04. The zero-order chi connectivity index (χ0) is 12.8. The zero-order valence-corrected chi connectivity index (χ0v) is 10.5. The van der Waals surface area contributed by atoms with E-state index >= 15 is 0 Å². The highest BCUT2D eigenvalue weighted by atomic mass is 35.5. The fourth-order valence-electron chi connectivity index (χ4n) is 1.43. The minimum absolute atomic E-state index is 0.232. The molecule has 0 saturated heterocycles. The van der Waals surface area contributed by atoms with E-state index < -0.39 is 6.10 Å². The largest absolute Gasteiger partial charge is 0.491 e. The van der Waals surface area contributed by atoms with Crippen molar-refractivity contribution in [3.8, 4) is 5.75 Å². The summed E-state index contributed by atoms with van der Waals surface area (Å²) in [7, 11) is 0. The van der Waals surface area contributed by atoms with Crippen LogP contribution in [0.3, 0.4) is 0 Å². The van der Waals surface area contributed by atoms with E-state index in [0.717, 1.165) is 0 Å². The standard InChI is InChI=1S/C13H15ClN2O2/c14-11-3-5-13(6-4-11)18-10-12(17)9-15-16-7-1-2-8-16/h1-8,12,15,17H,9-10H2. The first kappa shape index (κ1) is 12.8. The van der Waals surface area contributed by atoms with Gasteiger partial charge in [-0.2, -0.15) is 0 Å². The molecule has 0 amide bonds. The van der Waals surface area contributed by atoms with Gasteiger partial charge in [-0.1, -0.05) is 11.6 Å². The van der Waals surface area contributed by atoms with Gasteiger partial charge in [0.2, 0.25) is 0 Å². The van der Waals surface area contributed by atoms with Crippen molar-refractivity contribution in [2.24, 2.45) is 0 Å². The van der Waals surface area contributed by atoms with Crippen molar-refractivity contribution in [1.29, 1.82) is 0 Å². The minimum atomic E-state index is -0.580. The Morgan fingerprint density at radius 2 is 1.89 bits per heavy atom. The first-order valence-electron chi connectivity index (χ1n) is 5.67. The van der Waals surface area contributed by atoms with Crippen molar-refractivity contribution >= 4 is 11.6 Å². The van der Waals surface area contributed by atoms with Gasteiger partial charge in [0.1, 0.15) is 18.5 Å². The van der Waals surface area contributed by atoms with E-state index in [-0.39, 0.29) is 6.61 Å². The Hall–Kier alpha value is -1.65. The van der Waals surface area contributed by atoms with Crippen LogP contribution in [0.5, 0.6) is 5.75 Å². The van der Waals surface area contributed by atoms with Crippen LogP contribution >= 0.6 is 11.6 Å². The monoisotopic (exact) mass is 266 g/mol. The van der Waals surface area contributed by atoms with Crippen LogP contribution in [0.4, 0.5) is 0 Å². The second-order valence-electron chi connectivity index (χ2n) is 3.87. The van der Waals surface area contributed by atoms with Crippen molar-refractivity contribution in [3.05, 3.63) is 53.8 Å². The van der Waals surface area contributed by atoms with Crippen LogP contribution in [0.15, 0.2) is 48.8 Å². The van der Waals surface area contributed by atoms with Gasteiger partial charge in [0, 0.05) is 17.4 Å². The molecule has 2 rings (SSSR count). The maximum absolute atomic E-state index is 9.74. The molecule has 4 nitrogen and oxygen atoms in total. The summed E-state index contributed by atoms with van der Waals surface area (Å²) in [6.45, 7) is 0.651. The summed E-state index contributed by atoms with van der Waals surface area (Å²) in [5.74, 6) is 0.694. The van der Waals surface area contributed by atoms with E-state index in [0.29, 0.717) is 17.3 Å². The second-order valence-corrected chi connectivity index (χ2v) is 4.31. The second kappa shape index (κ2) is 6.33. The molecule has 0 fully saturated rings. The van der Waals surface area contributed by atoms with Crippen molar-refractivity contribution in [2.45, 2.75) is 6.10 Å². The molecule has 1 atom stereocenters. The quantitative estimate of drug-likeness (QED) is 0.842. The first-order valence-corrected chi connectivity index (χ1v) is 6.05. The molecule has 18 heavy (non-hydrogen) atoms. The average molecular weight is 267 g/mol. The van der Waals surface area contributed by atoms with E-state index in [4.69, 9.17) is 16.3 Å². The van der Waals surface area contributed by atoms with Crippen molar-refractivity contribution < 1.29 is 9.84 Å². The zero-order valence-electron chi connectivity index (χ0n) is 9.79. The lowest BCUT2D eigenvalue weighted by Crippen LogP contribution is -2.30. The molecule has 0 bridgehead atoms. The van der Waals surface area contributed by atoms with Gasteiger partial charge in [0.15, 0.2) is 0 Å².